The minimum Gasteiger partial charge on any atom is -0.370 e. The van der Waals surface area contributed by atoms with Crippen LogP contribution in [0.2, 0.25) is 5.02 Å². The number of primary amides is 1. The first kappa shape index (κ1) is 15.4. The summed E-state index contributed by atoms with van der Waals surface area (Å²) >= 11 is 11.0. The first-order chi connectivity index (χ1) is 9.38. The van der Waals surface area contributed by atoms with Crippen LogP contribution in [0.5, 0.6) is 0 Å². The Balaban J connectivity index is 2.33. The largest absolute Gasteiger partial charge is 0.370 e. The van der Waals surface area contributed by atoms with Gasteiger partial charge in [-0.05, 0) is 59.6 Å². The molecule has 2 rings (SSSR count). The number of hydrogen-bond acceptors (Lipinski definition) is 3. The van der Waals surface area contributed by atoms with Crippen LogP contribution >= 0.6 is 38.9 Å². The lowest BCUT2D eigenvalue weighted by molar-refractivity contribution is -0.118. The number of rotatable bonds is 4. The third-order valence-electron chi connectivity index (χ3n) is 2.91. The molecule has 1 aromatic carbocycles. The lowest BCUT2D eigenvalue weighted by Gasteiger charge is -2.17. The summed E-state index contributed by atoms with van der Waals surface area (Å²) < 4.78 is 0.769. The monoisotopic (exact) mass is 372 g/mol. The Morgan fingerprint density at radius 1 is 1.40 bits per heavy atom. The smallest absolute Gasteiger partial charge is 0.244 e. The van der Waals surface area contributed by atoms with Crippen LogP contribution in [-0.2, 0) is 4.79 Å². The number of thiophene rings is 1. The number of nitrogens with two attached hydrogens (primary N) is 1. The van der Waals surface area contributed by atoms with E-state index in [-0.39, 0.29) is 0 Å². The standard InChI is InChI=1S/C14H14BrClN2OS/c1-7-5-10(8(2)20-7)13(14(17)19)18-9-3-4-12(16)11(15)6-9/h3-6,13,18H,1-2H3,(H2,17,19). The predicted molar refractivity (Wildman–Crippen MR) is 88.5 cm³/mol. The van der Waals surface area contributed by atoms with Crippen molar-refractivity contribution in [2.75, 3.05) is 5.32 Å². The molecule has 0 saturated carbocycles. The Morgan fingerprint density at radius 3 is 2.60 bits per heavy atom. The van der Waals surface area contributed by atoms with Gasteiger partial charge in [0.25, 0.3) is 0 Å². The van der Waals surface area contributed by atoms with Gasteiger partial charge in [-0.2, -0.15) is 0 Å². The molecule has 1 atom stereocenters. The number of carbonyl (C=O) groups is 1. The number of carbonyl (C=O) groups excluding carboxylic acids is 1. The molecule has 3 N–H and O–H groups in total. The van der Waals surface area contributed by atoms with E-state index in [4.69, 9.17) is 17.3 Å². The average molecular weight is 374 g/mol. The van der Waals surface area contributed by atoms with Crippen LogP contribution in [0.1, 0.15) is 21.4 Å². The molecule has 1 heterocycles. The molecule has 0 aliphatic heterocycles. The van der Waals surface area contributed by atoms with Crippen molar-refractivity contribution in [2.45, 2.75) is 19.9 Å². The maximum Gasteiger partial charge on any atom is 0.244 e. The van der Waals surface area contributed by atoms with Crippen molar-refractivity contribution in [1.82, 2.24) is 0 Å². The molecule has 0 spiro atoms. The molecular formula is C14H14BrClN2OS. The van der Waals surface area contributed by atoms with E-state index in [1.165, 1.54) is 0 Å². The molecule has 6 heteroatoms. The third kappa shape index (κ3) is 3.34. The summed E-state index contributed by atoms with van der Waals surface area (Å²) in [5, 5.41) is 3.78. The summed E-state index contributed by atoms with van der Waals surface area (Å²) in [4.78, 5) is 14.0. The summed E-state index contributed by atoms with van der Waals surface area (Å²) in [7, 11) is 0. The molecule has 0 fully saturated rings. The molecule has 0 saturated heterocycles. The molecule has 1 amide bonds. The van der Waals surface area contributed by atoms with Crippen LogP contribution in [-0.4, -0.2) is 5.91 Å². The van der Waals surface area contributed by atoms with Crippen LogP contribution in [0.3, 0.4) is 0 Å². The predicted octanol–water partition coefficient (Wildman–Crippen LogP) is 4.42. The van der Waals surface area contributed by atoms with Crippen LogP contribution in [0, 0.1) is 13.8 Å². The van der Waals surface area contributed by atoms with Gasteiger partial charge in [-0.15, -0.1) is 11.3 Å². The molecule has 0 aliphatic rings. The average Bonchev–Trinajstić information content (AvgIpc) is 2.69. The van der Waals surface area contributed by atoms with Gasteiger partial charge in [0.1, 0.15) is 6.04 Å². The van der Waals surface area contributed by atoms with Crippen molar-refractivity contribution in [1.29, 1.82) is 0 Å². The SMILES string of the molecule is Cc1cc(C(Nc2ccc(Cl)c(Br)c2)C(N)=O)c(C)s1. The van der Waals surface area contributed by atoms with Gasteiger partial charge >= 0.3 is 0 Å². The second-order valence-electron chi connectivity index (χ2n) is 4.48. The second-order valence-corrected chi connectivity index (χ2v) is 7.20. The van der Waals surface area contributed by atoms with E-state index >= 15 is 0 Å². The highest BCUT2D eigenvalue weighted by molar-refractivity contribution is 9.10. The molecule has 3 nitrogen and oxygen atoms in total. The van der Waals surface area contributed by atoms with Crippen molar-refractivity contribution in [3.63, 3.8) is 0 Å². The highest BCUT2D eigenvalue weighted by Gasteiger charge is 2.21. The van der Waals surface area contributed by atoms with Gasteiger partial charge in [0.05, 0.1) is 5.02 Å². The minimum absolute atomic E-state index is 0.406. The van der Waals surface area contributed by atoms with E-state index in [1.807, 2.05) is 32.0 Å². The van der Waals surface area contributed by atoms with Crippen LogP contribution in [0.25, 0.3) is 0 Å². The van der Waals surface area contributed by atoms with E-state index < -0.39 is 11.9 Å². The number of hydrogen-bond donors (Lipinski definition) is 2. The van der Waals surface area contributed by atoms with Gasteiger partial charge in [0.15, 0.2) is 0 Å². The molecule has 1 aromatic heterocycles. The van der Waals surface area contributed by atoms with Crippen LogP contribution < -0.4 is 11.1 Å². The Labute approximate surface area is 135 Å². The minimum atomic E-state index is -0.548. The number of amides is 1. The van der Waals surface area contributed by atoms with Crippen LogP contribution in [0.4, 0.5) is 5.69 Å². The van der Waals surface area contributed by atoms with Gasteiger partial charge in [0.2, 0.25) is 5.91 Å². The van der Waals surface area contributed by atoms with Gasteiger partial charge in [-0.3, -0.25) is 4.79 Å². The molecule has 20 heavy (non-hydrogen) atoms. The van der Waals surface area contributed by atoms with Crippen molar-refractivity contribution in [2.24, 2.45) is 5.73 Å². The Hall–Kier alpha value is -1.04. The van der Waals surface area contributed by atoms with Gasteiger partial charge in [-0.25, -0.2) is 0 Å². The summed E-state index contributed by atoms with van der Waals surface area (Å²) in [5.41, 5.74) is 7.24. The summed E-state index contributed by atoms with van der Waals surface area (Å²) in [6, 6.07) is 6.85. The van der Waals surface area contributed by atoms with E-state index in [0.717, 1.165) is 25.5 Å². The second kappa shape index (κ2) is 6.16. The first-order valence-electron chi connectivity index (χ1n) is 5.96. The highest BCUT2D eigenvalue weighted by atomic mass is 79.9. The zero-order valence-corrected chi connectivity index (χ0v) is 14.2. The first-order valence-corrected chi connectivity index (χ1v) is 7.95. The Bertz CT molecular complexity index is 657. The molecule has 106 valence electrons. The molecule has 0 bridgehead atoms. The van der Waals surface area contributed by atoms with Gasteiger partial charge in [0, 0.05) is 19.9 Å². The van der Waals surface area contributed by atoms with E-state index in [9.17, 15) is 4.79 Å². The van der Waals surface area contributed by atoms with E-state index in [1.54, 1.807) is 17.4 Å². The van der Waals surface area contributed by atoms with Crippen LogP contribution in [0.15, 0.2) is 28.7 Å². The normalized spacial score (nSPS) is 12.2. The van der Waals surface area contributed by atoms with Crippen molar-refractivity contribution in [3.8, 4) is 0 Å². The fraction of sp³-hybridized carbons (Fsp3) is 0.214. The molecule has 0 radical (unpaired) electrons. The quantitative estimate of drug-likeness (QED) is 0.833. The number of halogens is 2. The fourth-order valence-corrected chi connectivity index (χ4v) is 3.45. The molecular weight excluding hydrogens is 360 g/mol. The molecule has 1 unspecified atom stereocenters. The number of anilines is 1. The number of aryl methyl sites for hydroxylation is 2. The zero-order chi connectivity index (χ0) is 14.9. The molecule has 2 aromatic rings. The summed E-state index contributed by atoms with van der Waals surface area (Å²) in [6.07, 6.45) is 0. The van der Waals surface area contributed by atoms with Crippen molar-refractivity contribution in [3.05, 3.63) is 49.1 Å². The lowest BCUT2D eigenvalue weighted by atomic mass is 10.1. The Kier molecular flexibility index (Phi) is 4.73. The van der Waals surface area contributed by atoms with E-state index in [2.05, 4.69) is 21.2 Å². The van der Waals surface area contributed by atoms with Gasteiger partial charge < -0.3 is 11.1 Å². The topological polar surface area (TPSA) is 55.1 Å². The maximum atomic E-state index is 11.7. The zero-order valence-electron chi connectivity index (χ0n) is 11.0. The highest BCUT2D eigenvalue weighted by Crippen LogP contribution is 2.31. The lowest BCUT2D eigenvalue weighted by Crippen LogP contribution is -2.27. The van der Waals surface area contributed by atoms with Gasteiger partial charge in [-0.1, -0.05) is 11.6 Å². The molecule has 0 aliphatic carbocycles. The third-order valence-corrected chi connectivity index (χ3v) is 5.10. The fourth-order valence-electron chi connectivity index (χ4n) is 1.99. The summed E-state index contributed by atoms with van der Waals surface area (Å²) in [6.45, 7) is 4.00. The summed E-state index contributed by atoms with van der Waals surface area (Å²) in [5.74, 6) is -0.406. The number of nitrogens with one attached hydrogen (secondary N) is 1. The van der Waals surface area contributed by atoms with E-state index in [0.29, 0.717) is 5.02 Å². The number of benzene rings is 1. The van der Waals surface area contributed by atoms with Crippen molar-refractivity contribution >= 4 is 50.5 Å². The Morgan fingerprint density at radius 2 is 2.10 bits per heavy atom. The maximum absolute atomic E-state index is 11.7. The van der Waals surface area contributed by atoms with Crippen molar-refractivity contribution < 1.29 is 4.79 Å².